The fourth-order valence-electron chi connectivity index (χ4n) is 4.64. The van der Waals surface area contributed by atoms with Crippen molar-refractivity contribution in [2.45, 2.75) is 124 Å². The van der Waals surface area contributed by atoms with Crippen LogP contribution in [0.25, 0.3) is 0 Å². The highest BCUT2D eigenvalue weighted by Gasteiger charge is 2.22. The zero-order valence-corrected chi connectivity index (χ0v) is 23.2. The Labute approximate surface area is 216 Å². The van der Waals surface area contributed by atoms with Crippen LogP contribution in [0.5, 0.6) is 0 Å². The zero-order chi connectivity index (χ0) is 25.3. The van der Waals surface area contributed by atoms with E-state index in [1.165, 1.54) is 88.2 Å². The van der Waals surface area contributed by atoms with Crippen molar-refractivity contribution in [3.8, 4) is 0 Å². The van der Waals surface area contributed by atoms with Crippen molar-refractivity contribution < 1.29 is 4.79 Å². The van der Waals surface area contributed by atoms with Crippen LogP contribution in [0, 0.1) is 5.92 Å². The van der Waals surface area contributed by atoms with Gasteiger partial charge < -0.3 is 0 Å². The lowest BCUT2D eigenvalue weighted by Crippen LogP contribution is -2.31. The number of aryl methyl sites for hydroxylation is 2. The molecule has 35 heavy (non-hydrogen) atoms. The first kappa shape index (κ1) is 29.1. The van der Waals surface area contributed by atoms with Crippen LogP contribution >= 0.6 is 0 Å². The van der Waals surface area contributed by atoms with E-state index in [-0.39, 0.29) is 11.8 Å². The average Bonchev–Trinajstić information content (AvgIpc) is 2.89. The summed E-state index contributed by atoms with van der Waals surface area (Å²) in [5, 5.41) is 0. The normalized spacial score (nSPS) is 12.0. The van der Waals surface area contributed by atoms with Gasteiger partial charge in [-0.15, -0.1) is 0 Å². The van der Waals surface area contributed by atoms with Gasteiger partial charge in [-0.3, -0.25) is 9.69 Å². The number of carbonyl (C=O) groups is 1. The molecular weight excluding hydrogens is 426 g/mol. The number of amides is 1. The van der Waals surface area contributed by atoms with E-state index in [4.69, 9.17) is 0 Å². The SMILES string of the molecule is CCCCCCCCc1ccc(N(C(=O)C(C)CC)c2ccc(CCCCCCCC)cc2)cc1. The molecule has 0 saturated carbocycles. The summed E-state index contributed by atoms with van der Waals surface area (Å²) in [5.41, 5.74) is 4.69. The van der Waals surface area contributed by atoms with Crippen molar-refractivity contribution in [3.05, 3.63) is 59.7 Å². The molecule has 0 N–H and O–H groups in total. The standard InChI is InChI=1S/C33H51NO/c1-5-8-10-12-14-16-18-29-20-24-31(25-21-29)34(33(35)28(4)7-3)32-26-22-30(23-27-32)19-17-15-13-11-9-6-2/h20-28H,5-19H2,1-4H3. The van der Waals surface area contributed by atoms with Gasteiger partial charge in [0, 0.05) is 17.3 Å². The Bertz CT molecular complexity index is 748. The number of rotatable bonds is 18. The molecule has 2 aromatic rings. The molecular formula is C33H51NO. The molecule has 0 bridgehead atoms. The number of anilines is 2. The summed E-state index contributed by atoms with van der Waals surface area (Å²) in [6.45, 7) is 8.66. The lowest BCUT2D eigenvalue weighted by atomic mass is 10.0. The van der Waals surface area contributed by atoms with E-state index >= 15 is 0 Å². The smallest absolute Gasteiger partial charge is 0.234 e. The highest BCUT2D eigenvalue weighted by molar-refractivity contribution is 6.01. The summed E-state index contributed by atoms with van der Waals surface area (Å²) in [7, 11) is 0. The molecule has 0 aliphatic heterocycles. The van der Waals surface area contributed by atoms with Gasteiger partial charge in [-0.1, -0.05) is 116 Å². The molecule has 1 unspecified atom stereocenters. The molecule has 2 rings (SSSR count). The van der Waals surface area contributed by atoms with Crippen LogP contribution in [0.4, 0.5) is 11.4 Å². The molecule has 2 nitrogen and oxygen atoms in total. The van der Waals surface area contributed by atoms with Crippen LogP contribution in [0.3, 0.4) is 0 Å². The fourth-order valence-corrected chi connectivity index (χ4v) is 4.64. The Morgan fingerprint density at radius 3 is 1.34 bits per heavy atom. The van der Waals surface area contributed by atoms with Gasteiger partial charge in [0.05, 0.1) is 0 Å². The van der Waals surface area contributed by atoms with Gasteiger partial charge >= 0.3 is 0 Å². The van der Waals surface area contributed by atoms with E-state index in [2.05, 4.69) is 69.3 Å². The predicted molar refractivity (Wildman–Crippen MR) is 154 cm³/mol. The van der Waals surface area contributed by atoms with Crippen LogP contribution < -0.4 is 4.90 Å². The predicted octanol–water partition coefficient (Wildman–Crippen LogP) is 10.2. The molecule has 2 aromatic carbocycles. The number of unbranched alkanes of at least 4 members (excludes halogenated alkanes) is 10. The highest BCUT2D eigenvalue weighted by Crippen LogP contribution is 2.29. The van der Waals surface area contributed by atoms with Gasteiger partial charge in [0.15, 0.2) is 0 Å². The van der Waals surface area contributed by atoms with Crippen LogP contribution in [0.1, 0.15) is 122 Å². The average molecular weight is 478 g/mol. The minimum absolute atomic E-state index is 0.000551. The Balaban J connectivity index is 2.01. The summed E-state index contributed by atoms with van der Waals surface area (Å²) in [6, 6.07) is 17.4. The van der Waals surface area contributed by atoms with E-state index in [0.717, 1.165) is 30.6 Å². The fraction of sp³-hybridized carbons (Fsp3) is 0.606. The van der Waals surface area contributed by atoms with Gasteiger partial charge in [-0.25, -0.2) is 0 Å². The Kier molecular flexibility index (Phi) is 14.5. The molecule has 0 fully saturated rings. The molecule has 0 radical (unpaired) electrons. The second-order valence-corrected chi connectivity index (χ2v) is 10.4. The Morgan fingerprint density at radius 2 is 0.971 bits per heavy atom. The van der Waals surface area contributed by atoms with Crippen molar-refractivity contribution in [2.24, 2.45) is 5.92 Å². The van der Waals surface area contributed by atoms with Crippen LogP contribution in [-0.4, -0.2) is 5.91 Å². The van der Waals surface area contributed by atoms with Crippen molar-refractivity contribution >= 4 is 17.3 Å². The Morgan fingerprint density at radius 1 is 0.600 bits per heavy atom. The maximum Gasteiger partial charge on any atom is 0.234 e. The number of hydrogen-bond donors (Lipinski definition) is 0. The molecule has 0 heterocycles. The summed E-state index contributed by atoms with van der Waals surface area (Å²) in [6.07, 6.45) is 18.9. The monoisotopic (exact) mass is 477 g/mol. The first-order chi connectivity index (χ1) is 17.1. The van der Waals surface area contributed by atoms with Crippen molar-refractivity contribution in [1.29, 1.82) is 0 Å². The van der Waals surface area contributed by atoms with Crippen LogP contribution in [-0.2, 0) is 17.6 Å². The van der Waals surface area contributed by atoms with Crippen molar-refractivity contribution in [3.63, 3.8) is 0 Å². The molecule has 194 valence electrons. The van der Waals surface area contributed by atoms with E-state index in [9.17, 15) is 4.79 Å². The summed E-state index contributed by atoms with van der Waals surface area (Å²) >= 11 is 0. The molecule has 0 aliphatic rings. The topological polar surface area (TPSA) is 20.3 Å². The molecule has 1 amide bonds. The van der Waals surface area contributed by atoms with Gasteiger partial charge in [0.1, 0.15) is 0 Å². The molecule has 0 saturated heterocycles. The highest BCUT2D eigenvalue weighted by atomic mass is 16.2. The zero-order valence-electron chi connectivity index (χ0n) is 23.2. The van der Waals surface area contributed by atoms with Crippen LogP contribution in [0.15, 0.2) is 48.5 Å². The van der Waals surface area contributed by atoms with Gasteiger partial charge in [0.25, 0.3) is 0 Å². The number of nitrogens with zero attached hydrogens (tertiary/aromatic N) is 1. The second kappa shape index (κ2) is 17.4. The quantitative estimate of drug-likeness (QED) is 0.195. The minimum atomic E-state index is 0.000551. The second-order valence-electron chi connectivity index (χ2n) is 10.4. The Hall–Kier alpha value is -2.09. The minimum Gasteiger partial charge on any atom is -0.281 e. The molecule has 2 heteroatoms. The van der Waals surface area contributed by atoms with Crippen LogP contribution in [0.2, 0.25) is 0 Å². The first-order valence-electron chi connectivity index (χ1n) is 14.6. The summed E-state index contributed by atoms with van der Waals surface area (Å²) < 4.78 is 0. The van der Waals surface area contributed by atoms with Crippen molar-refractivity contribution in [1.82, 2.24) is 0 Å². The maximum atomic E-state index is 13.4. The maximum absolute atomic E-state index is 13.4. The molecule has 0 aromatic heterocycles. The van der Waals surface area contributed by atoms with Crippen molar-refractivity contribution in [2.75, 3.05) is 4.90 Å². The van der Waals surface area contributed by atoms with Gasteiger partial charge in [-0.2, -0.15) is 0 Å². The van der Waals surface area contributed by atoms with E-state index in [1.54, 1.807) is 0 Å². The first-order valence-corrected chi connectivity index (χ1v) is 14.6. The van der Waals surface area contributed by atoms with Gasteiger partial charge in [0.2, 0.25) is 5.91 Å². The van der Waals surface area contributed by atoms with E-state index < -0.39 is 0 Å². The summed E-state index contributed by atoms with van der Waals surface area (Å²) in [4.78, 5) is 15.3. The van der Waals surface area contributed by atoms with Gasteiger partial charge in [-0.05, 0) is 67.5 Å². The third-order valence-electron chi connectivity index (χ3n) is 7.28. The number of benzene rings is 2. The molecule has 0 aliphatic carbocycles. The number of carbonyl (C=O) groups excluding carboxylic acids is 1. The third kappa shape index (κ3) is 10.6. The lowest BCUT2D eigenvalue weighted by molar-refractivity contribution is -0.121. The molecule has 0 spiro atoms. The largest absolute Gasteiger partial charge is 0.281 e. The lowest BCUT2D eigenvalue weighted by Gasteiger charge is -2.26. The number of hydrogen-bond acceptors (Lipinski definition) is 1. The van der Waals surface area contributed by atoms with E-state index in [1.807, 2.05) is 11.8 Å². The third-order valence-corrected chi connectivity index (χ3v) is 7.28. The van der Waals surface area contributed by atoms with E-state index in [0.29, 0.717) is 0 Å². The summed E-state index contributed by atoms with van der Waals surface area (Å²) in [5.74, 6) is 0.181. The molecule has 1 atom stereocenters.